The molecule has 3 N–H and O–H groups in total. The third-order valence-electron chi connectivity index (χ3n) is 7.30. The second-order valence-corrected chi connectivity index (χ2v) is 9.86. The van der Waals surface area contributed by atoms with Crippen LogP contribution < -0.4 is 15.5 Å². The fraction of sp³-hybridized carbons (Fsp3) is 0.385. The molecule has 6 rings (SSSR count). The molecule has 0 aliphatic carbocycles. The lowest BCUT2D eigenvalue weighted by Crippen LogP contribution is -2.48. The molecule has 0 saturated carbocycles. The van der Waals surface area contributed by atoms with Crippen LogP contribution in [0.1, 0.15) is 37.3 Å². The number of fused-ring (bicyclic) bond motifs is 2. The van der Waals surface area contributed by atoms with Crippen LogP contribution in [0.25, 0.3) is 22.3 Å². The van der Waals surface area contributed by atoms with Crippen LogP contribution in [0.4, 0.5) is 17.3 Å². The van der Waals surface area contributed by atoms with Gasteiger partial charge in [0.1, 0.15) is 5.82 Å². The largest absolute Gasteiger partial charge is 0.355 e. The van der Waals surface area contributed by atoms with Crippen molar-refractivity contribution in [2.24, 2.45) is 5.73 Å². The molecule has 1 saturated heterocycles. The summed E-state index contributed by atoms with van der Waals surface area (Å²) in [7, 11) is 0. The summed E-state index contributed by atoms with van der Waals surface area (Å²) in [5, 5.41) is 7.81. The zero-order chi connectivity index (χ0) is 23.3. The van der Waals surface area contributed by atoms with Gasteiger partial charge in [-0.1, -0.05) is 12.1 Å². The van der Waals surface area contributed by atoms with Gasteiger partial charge in [-0.3, -0.25) is 10.1 Å². The molecule has 34 heavy (non-hydrogen) atoms. The number of rotatable bonds is 3. The molecular weight excluding hydrogens is 424 g/mol. The van der Waals surface area contributed by atoms with Crippen LogP contribution >= 0.6 is 0 Å². The predicted molar refractivity (Wildman–Crippen MR) is 135 cm³/mol. The van der Waals surface area contributed by atoms with E-state index in [1.807, 2.05) is 18.6 Å². The monoisotopic (exact) mass is 454 g/mol. The smallest absolute Gasteiger partial charge is 0.183 e. The van der Waals surface area contributed by atoms with Crippen molar-refractivity contribution in [3.8, 4) is 11.1 Å². The Balaban J connectivity index is 1.36. The third kappa shape index (κ3) is 3.58. The van der Waals surface area contributed by atoms with E-state index in [9.17, 15) is 0 Å². The maximum Gasteiger partial charge on any atom is 0.183 e. The molecule has 0 radical (unpaired) electrons. The molecule has 4 aromatic rings. The van der Waals surface area contributed by atoms with Gasteiger partial charge in [-0.25, -0.2) is 9.97 Å². The van der Waals surface area contributed by atoms with Gasteiger partial charge in [-0.15, -0.1) is 0 Å². The summed E-state index contributed by atoms with van der Waals surface area (Å²) in [6, 6.07) is 8.58. The number of aromatic amines is 1. The van der Waals surface area contributed by atoms with E-state index >= 15 is 0 Å². The van der Waals surface area contributed by atoms with Gasteiger partial charge in [-0.05, 0) is 68.4 Å². The van der Waals surface area contributed by atoms with Crippen LogP contribution in [-0.4, -0.2) is 50.3 Å². The summed E-state index contributed by atoms with van der Waals surface area (Å²) in [5.74, 6) is 1.72. The second kappa shape index (κ2) is 8.06. The first-order chi connectivity index (χ1) is 16.5. The number of nitrogens with two attached hydrogens (primary N) is 1. The highest BCUT2D eigenvalue weighted by Crippen LogP contribution is 2.40. The number of pyridine rings is 1. The van der Waals surface area contributed by atoms with Crippen molar-refractivity contribution in [3.05, 3.63) is 54.0 Å². The number of hydrogen-bond acceptors (Lipinski definition) is 7. The van der Waals surface area contributed by atoms with E-state index in [0.717, 1.165) is 68.1 Å². The minimum atomic E-state index is -0.0932. The molecule has 2 aliphatic heterocycles. The van der Waals surface area contributed by atoms with Gasteiger partial charge in [-0.2, -0.15) is 5.10 Å². The lowest BCUT2D eigenvalue weighted by atomic mass is 9.91. The van der Waals surface area contributed by atoms with Gasteiger partial charge in [0, 0.05) is 48.8 Å². The van der Waals surface area contributed by atoms with Gasteiger partial charge < -0.3 is 15.5 Å². The predicted octanol–water partition coefficient (Wildman–Crippen LogP) is 4.13. The molecule has 0 bridgehead atoms. The van der Waals surface area contributed by atoms with Crippen LogP contribution in [-0.2, 0) is 6.42 Å². The molecule has 8 heteroatoms. The molecule has 174 valence electrons. The zero-order valence-corrected chi connectivity index (χ0v) is 19.8. The highest BCUT2D eigenvalue weighted by atomic mass is 15.3. The van der Waals surface area contributed by atoms with Crippen LogP contribution in [0.2, 0.25) is 0 Å². The van der Waals surface area contributed by atoms with E-state index in [0.29, 0.717) is 0 Å². The summed E-state index contributed by atoms with van der Waals surface area (Å²) in [6.07, 6.45) is 9.67. The SMILES string of the molecule is Cc1ccncc1-c1cccc2c1CCCN2c1n[nH]c2nc(N3CCC(C)(N)CC3)cnc12. The maximum atomic E-state index is 6.30. The van der Waals surface area contributed by atoms with Crippen molar-refractivity contribution in [2.75, 3.05) is 29.4 Å². The number of hydrogen-bond donors (Lipinski definition) is 2. The van der Waals surface area contributed by atoms with E-state index in [2.05, 4.69) is 63.1 Å². The first-order valence-corrected chi connectivity index (χ1v) is 12.1. The van der Waals surface area contributed by atoms with Gasteiger partial charge in [0.2, 0.25) is 0 Å². The summed E-state index contributed by atoms with van der Waals surface area (Å²) in [6.45, 7) is 6.95. The summed E-state index contributed by atoms with van der Waals surface area (Å²) in [4.78, 5) is 18.6. The maximum absolute atomic E-state index is 6.30. The van der Waals surface area contributed by atoms with Crippen molar-refractivity contribution in [2.45, 2.75) is 45.1 Å². The van der Waals surface area contributed by atoms with E-state index in [1.165, 1.54) is 27.9 Å². The van der Waals surface area contributed by atoms with Gasteiger partial charge >= 0.3 is 0 Å². The molecular formula is C26H30N8. The second-order valence-electron chi connectivity index (χ2n) is 9.86. The van der Waals surface area contributed by atoms with Crippen molar-refractivity contribution in [3.63, 3.8) is 0 Å². The lowest BCUT2D eigenvalue weighted by Gasteiger charge is -2.37. The Morgan fingerprint density at radius 1 is 1.06 bits per heavy atom. The molecule has 3 aromatic heterocycles. The topological polar surface area (TPSA) is 99.9 Å². The summed E-state index contributed by atoms with van der Waals surface area (Å²) < 4.78 is 0. The summed E-state index contributed by atoms with van der Waals surface area (Å²) >= 11 is 0. The number of nitrogens with one attached hydrogen (secondary N) is 1. The molecule has 5 heterocycles. The molecule has 8 nitrogen and oxygen atoms in total. The average molecular weight is 455 g/mol. The highest BCUT2D eigenvalue weighted by molar-refractivity contribution is 5.89. The highest BCUT2D eigenvalue weighted by Gasteiger charge is 2.28. The molecule has 0 unspecified atom stereocenters. The standard InChI is InChI=1S/C26H30N8/c1-17-8-11-28-15-20(17)18-5-3-7-21-19(18)6-4-12-34(21)25-23-24(31-32-25)30-22(16-29-23)33-13-9-26(2,27)10-14-33/h3,5,7-8,11,15-16H,4,6,9-10,12-14,27H2,1-2H3,(H,30,31,32). The molecule has 0 atom stereocenters. The minimum Gasteiger partial charge on any atom is -0.355 e. The summed E-state index contributed by atoms with van der Waals surface area (Å²) in [5.41, 5.74) is 13.9. The van der Waals surface area contributed by atoms with Crippen molar-refractivity contribution >= 4 is 28.5 Å². The molecule has 0 spiro atoms. The van der Waals surface area contributed by atoms with E-state index in [-0.39, 0.29) is 5.54 Å². The Morgan fingerprint density at radius 2 is 1.91 bits per heavy atom. The van der Waals surface area contributed by atoms with Gasteiger partial charge in [0.05, 0.1) is 6.20 Å². The average Bonchev–Trinajstić information content (AvgIpc) is 3.27. The number of aryl methyl sites for hydroxylation is 1. The molecule has 0 amide bonds. The van der Waals surface area contributed by atoms with Crippen LogP contribution in [0.15, 0.2) is 42.9 Å². The molecule has 2 aliphatic rings. The number of nitrogens with zero attached hydrogens (tertiary/aromatic N) is 6. The molecule has 1 fully saturated rings. The number of aromatic nitrogens is 5. The van der Waals surface area contributed by atoms with E-state index in [4.69, 9.17) is 15.7 Å². The quantitative estimate of drug-likeness (QED) is 0.480. The van der Waals surface area contributed by atoms with Gasteiger partial charge in [0.25, 0.3) is 0 Å². The number of benzene rings is 1. The zero-order valence-electron chi connectivity index (χ0n) is 19.8. The van der Waals surface area contributed by atoms with Gasteiger partial charge in [0.15, 0.2) is 17.0 Å². The van der Waals surface area contributed by atoms with E-state index < -0.39 is 0 Å². The normalized spacial score (nSPS) is 17.7. The first kappa shape index (κ1) is 21.0. The lowest BCUT2D eigenvalue weighted by molar-refractivity contribution is 0.363. The Labute approximate surface area is 199 Å². The molecule has 1 aromatic carbocycles. The van der Waals surface area contributed by atoms with Crippen molar-refractivity contribution in [1.29, 1.82) is 0 Å². The third-order valence-corrected chi connectivity index (χ3v) is 7.30. The first-order valence-electron chi connectivity index (χ1n) is 12.1. The van der Waals surface area contributed by atoms with Crippen LogP contribution in [0, 0.1) is 6.92 Å². The Morgan fingerprint density at radius 3 is 2.74 bits per heavy atom. The Hall–Kier alpha value is -3.52. The Bertz CT molecular complexity index is 1350. The minimum absolute atomic E-state index is 0.0932. The van der Waals surface area contributed by atoms with Crippen molar-refractivity contribution in [1.82, 2.24) is 25.1 Å². The Kier molecular flexibility index (Phi) is 4.99. The fourth-order valence-electron chi connectivity index (χ4n) is 5.21. The van der Waals surface area contributed by atoms with Crippen LogP contribution in [0.5, 0.6) is 0 Å². The number of piperidine rings is 1. The van der Waals surface area contributed by atoms with Crippen LogP contribution in [0.3, 0.4) is 0 Å². The van der Waals surface area contributed by atoms with E-state index in [1.54, 1.807) is 0 Å². The van der Waals surface area contributed by atoms with Crippen molar-refractivity contribution < 1.29 is 0 Å². The number of anilines is 3. The fourth-order valence-corrected chi connectivity index (χ4v) is 5.21. The number of H-pyrrole nitrogens is 1.